The summed E-state index contributed by atoms with van der Waals surface area (Å²) >= 11 is 0. The Bertz CT molecular complexity index is 163. The number of hydrogen-bond acceptors (Lipinski definition) is 4. The van der Waals surface area contributed by atoms with E-state index in [-0.39, 0.29) is 18.0 Å². The first-order chi connectivity index (χ1) is 6.24. The minimum atomic E-state index is -0.186. The molecule has 0 aromatic rings. The second-order valence-corrected chi connectivity index (χ2v) is 3.23. The molecule has 0 radical (unpaired) electrons. The fourth-order valence-corrected chi connectivity index (χ4v) is 1.36. The topological polar surface area (TPSA) is 44.8 Å². The van der Waals surface area contributed by atoms with Gasteiger partial charge in [-0.25, -0.2) is 0 Å². The number of carbonyl (C=O) groups excluding carboxylic acids is 1. The van der Waals surface area contributed by atoms with Crippen LogP contribution in [-0.4, -0.2) is 39.0 Å². The van der Waals surface area contributed by atoms with Crippen LogP contribution >= 0.6 is 0 Å². The summed E-state index contributed by atoms with van der Waals surface area (Å²) in [4.78, 5) is 11.1. The van der Waals surface area contributed by atoms with Crippen molar-refractivity contribution in [2.45, 2.75) is 19.4 Å². The molecule has 0 aromatic heterocycles. The van der Waals surface area contributed by atoms with Gasteiger partial charge in [0.25, 0.3) is 0 Å². The van der Waals surface area contributed by atoms with Crippen LogP contribution in [0.25, 0.3) is 0 Å². The first kappa shape index (κ1) is 10.5. The highest BCUT2D eigenvalue weighted by Gasteiger charge is 2.21. The highest BCUT2D eigenvalue weighted by Crippen LogP contribution is 2.13. The van der Waals surface area contributed by atoms with Crippen molar-refractivity contribution in [3.63, 3.8) is 0 Å². The molecule has 1 rings (SSSR count). The third-order valence-corrected chi connectivity index (χ3v) is 2.10. The van der Waals surface area contributed by atoms with Crippen molar-refractivity contribution in [3.8, 4) is 0 Å². The Labute approximate surface area is 78.2 Å². The third kappa shape index (κ3) is 3.32. The largest absolute Gasteiger partial charge is 0.469 e. The number of rotatable bonds is 3. The number of ether oxygens (including phenoxy) is 3. The summed E-state index contributed by atoms with van der Waals surface area (Å²) in [5, 5.41) is 0. The van der Waals surface area contributed by atoms with Crippen molar-refractivity contribution in [3.05, 3.63) is 0 Å². The van der Waals surface area contributed by atoms with Crippen LogP contribution in [-0.2, 0) is 19.0 Å². The van der Waals surface area contributed by atoms with Gasteiger partial charge in [0, 0.05) is 0 Å². The molecule has 13 heavy (non-hydrogen) atoms. The molecular formula is C9H16O4. The molecule has 1 aliphatic rings. The van der Waals surface area contributed by atoms with E-state index < -0.39 is 0 Å². The van der Waals surface area contributed by atoms with Gasteiger partial charge in [-0.1, -0.05) is 6.92 Å². The summed E-state index contributed by atoms with van der Waals surface area (Å²) < 4.78 is 15.2. The highest BCUT2D eigenvalue weighted by molar-refractivity contribution is 5.71. The Hall–Kier alpha value is -0.610. The molecule has 0 aliphatic carbocycles. The van der Waals surface area contributed by atoms with Gasteiger partial charge in [-0.15, -0.1) is 0 Å². The van der Waals surface area contributed by atoms with Gasteiger partial charge in [0.15, 0.2) is 0 Å². The van der Waals surface area contributed by atoms with Gasteiger partial charge >= 0.3 is 5.97 Å². The smallest absolute Gasteiger partial charge is 0.308 e. The van der Waals surface area contributed by atoms with Gasteiger partial charge in [-0.3, -0.25) is 4.79 Å². The van der Waals surface area contributed by atoms with Crippen molar-refractivity contribution in [1.29, 1.82) is 0 Å². The second kappa shape index (κ2) is 5.19. The fourth-order valence-electron chi connectivity index (χ4n) is 1.36. The molecule has 4 heteroatoms. The van der Waals surface area contributed by atoms with E-state index in [1.807, 2.05) is 6.92 Å². The molecule has 1 aliphatic heterocycles. The van der Waals surface area contributed by atoms with E-state index in [1.54, 1.807) is 0 Å². The summed E-state index contributed by atoms with van der Waals surface area (Å²) in [5.41, 5.74) is 0. The lowest BCUT2D eigenvalue weighted by Crippen LogP contribution is -2.31. The zero-order valence-corrected chi connectivity index (χ0v) is 8.12. The third-order valence-electron chi connectivity index (χ3n) is 2.10. The lowest BCUT2D eigenvalue weighted by atomic mass is 10.0. The zero-order chi connectivity index (χ0) is 9.68. The van der Waals surface area contributed by atoms with Gasteiger partial charge in [0.2, 0.25) is 0 Å². The fraction of sp³-hybridized carbons (Fsp3) is 0.889. The lowest BCUT2D eigenvalue weighted by Gasteiger charge is -2.24. The maximum atomic E-state index is 11.1. The van der Waals surface area contributed by atoms with Crippen LogP contribution in [0.15, 0.2) is 0 Å². The van der Waals surface area contributed by atoms with Crippen molar-refractivity contribution < 1.29 is 19.0 Å². The number of hydrogen-bond donors (Lipinski definition) is 0. The van der Waals surface area contributed by atoms with Crippen LogP contribution in [0.2, 0.25) is 0 Å². The van der Waals surface area contributed by atoms with E-state index in [9.17, 15) is 4.79 Å². The Kier molecular flexibility index (Phi) is 4.18. The minimum Gasteiger partial charge on any atom is -0.469 e. The standard InChI is InChI=1S/C9H16O4/c1-7(9(10)11-2)5-8-6-12-3-4-13-8/h7-8H,3-6H2,1-2H3/t7-,8+/m0/s1. The molecule has 2 atom stereocenters. The molecule has 0 saturated carbocycles. The van der Waals surface area contributed by atoms with E-state index >= 15 is 0 Å². The predicted octanol–water partition coefficient (Wildman–Crippen LogP) is 0.601. The lowest BCUT2D eigenvalue weighted by molar-refractivity contribution is -0.148. The summed E-state index contributed by atoms with van der Waals surface area (Å²) in [6, 6.07) is 0. The molecular weight excluding hydrogens is 172 g/mol. The van der Waals surface area contributed by atoms with Gasteiger partial charge in [-0.05, 0) is 6.42 Å². The van der Waals surface area contributed by atoms with E-state index in [2.05, 4.69) is 4.74 Å². The summed E-state index contributed by atoms with van der Waals surface area (Å²) in [7, 11) is 1.40. The molecule has 1 saturated heterocycles. The quantitative estimate of drug-likeness (QED) is 0.608. The van der Waals surface area contributed by atoms with Crippen molar-refractivity contribution >= 4 is 5.97 Å². The minimum absolute atomic E-state index is 0.0443. The van der Waals surface area contributed by atoms with Crippen LogP contribution in [0.3, 0.4) is 0 Å². The maximum Gasteiger partial charge on any atom is 0.308 e. The Balaban J connectivity index is 2.25. The van der Waals surface area contributed by atoms with Crippen molar-refractivity contribution in [1.82, 2.24) is 0 Å². The van der Waals surface area contributed by atoms with Crippen LogP contribution in [0.1, 0.15) is 13.3 Å². The highest BCUT2D eigenvalue weighted by atomic mass is 16.6. The van der Waals surface area contributed by atoms with Gasteiger partial charge in [0.1, 0.15) is 0 Å². The Morgan fingerprint density at radius 2 is 2.38 bits per heavy atom. The first-order valence-electron chi connectivity index (χ1n) is 4.51. The molecule has 0 amide bonds. The summed E-state index contributed by atoms with van der Waals surface area (Å²) in [5.74, 6) is -0.300. The molecule has 0 bridgehead atoms. The van der Waals surface area contributed by atoms with E-state index in [0.29, 0.717) is 26.2 Å². The number of methoxy groups -OCH3 is 1. The molecule has 0 aromatic carbocycles. The zero-order valence-electron chi connectivity index (χ0n) is 8.12. The summed E-state index contributed by atoms with van der Waals surface area (Å²) in [6.45, 7) is 3.70. The van der Waals surface area contributed by atoms with Crippen LogP contribution in [0.4, 0.5) is 0 Å². The molecule has 0 N–H and O–H groups in total. The maximum absolute atomic E-state index is 11.1. The Morgan fingerprint density at radius 3 is 2.92 bits per heavy atom. The molecule has 4 nitrogen and oxygen atoms in total. The second-order valence-electron chi connectivity index (χ2n) is 3.23. The first-order valence-corrected chi connectivity index (χ1v) is 4.51. The molecule has 1 fully saturated rings. The van der Waals surface area contributed by atoms with E-state index in [1.165, 1.54) is 7.11 Å². The number of esters is 1. The Morgan fingerprint density at radius 1 is 1.62 bits per heavy atom. The normalized spacial score (nSPS) is 25.2. The average molecular weight is 188 g/mol. The molecule has 0 unspecified atom stereocenters. The van der Waals surface area contributed by atoms with Gasteiger partial charge in [0.05, 0.1) is 39.0 Å². The summed E-state index contributed by atoms with van der Waals surface area (Å²) in [6.07, 6.45) is 0.718. The van der Waals surface area contributed by atoms with Crippen molar-refractivity contribution in [2.75, 3.05) is 26.9 Å². The van der Waals surface area contributed by atoms with Crippen LogP contribution in [0, 0.1) is 5.92 Å². The average Bonchev–Trinajstić information content (AvgIpc) is 2.18. The van der Waals surface area contributed by atoms with E-state index in [0.717, 1.165) is 0 Å². The molecule has 0 spiro atoms. The van der Waals surface area contributed by atoms with Crippen LogP contribution < -0.4 is 0 Å². The van der Waals surface area contributed by atoms with Gasteiger partial charge in [-0.2, -0.15) is 0 Å². The van der Waals surface area contributed by atoms with Crippen LogP contribution in [0.5, 0.6) is 0 Å². The van der Waals surface area contributed by atoms with Crippen molar-refractivity contribution in [2.24, 2.45) is 5.92 Å². The molecule has 76 valence electrons. The molecule has 1 heterocycles. The van der Waals surface area contributed by atoms with Gasteiger partial charge < -0.3 is 14.2 Å². The monoisotopic (exact) mass is 188 g/mol. The predicted molar refractivity (Wildman–Crippen MR) is 46.4 cm³/mol. The number of carbonyl (C=O) groups is 1. The SMILES string of the molecule is COC(=O)[C@@H](C)C[C@@H]1COCCO1. The van der Waals surface area contributed by atoms with E-state index in [4.69, 9.17) is 9.47 Å².